The summed E-state index contributed by atoms with van der Waals surface area (Å²) in [6, 6.07) is 5.27. The van der Waals surface area contributed by atoms with Gasteiger partial charge in [0.05, 0.1) is 10.0 Å². The van der Waals surface area contributed by atoms with Gasteiger partial charge in [0.15, 0.2) is 5.82 Å². The Morgan fingerprint density at radius 2 is 2.19 bits per heavy atom. The zero-order valence-electron chi connectivity index (χ0n) is 9.09. The highest BCUT2D eigenvalue weighted by Crippen LogP contribution is 2.30. The van der Waals surface area contributed by atoms with Crippen LogP contribution in [0.1, 0.15) is 31.7 Å². The molecule has 86 valence electrons. The first-order valence-electron chi connectivity index (χ1n) is 5.21. The van der Waals surface area contributed by atoms with E-state index in [0.717, 1.165) is 12.2 Å². The third kappa shape index (κ3) is 3.50. The van der Waals surface area contributed by atoms with E-state index >= 15 is 0 Å². The van der Waals surface area contributed by atoms with E-state index in [9.17, 15) is 4.39 Å². The van der Waals surface area contributed by atoms with Crippen LogP contribution in [-0.2, 0) is 0 Å². The van der Waals surface area contributed by atoms with Gasteiger partial charge in [-0.2, -0.15) is 5.26 Å². The topological polar surface area (TPSA) is 23.8 Å². The third-order valence-corrected chi connectivity index (χ3v) is 4.07. The molecule has 1 rings (SSSR count). The van der Waals surface area contributed by atoms with Gasteiger partial charge in [-0.25, -0.2) is 4.39 Å². The lowest BCUT2D eigenvalue weighted by atomic mass is 10.2. The Hall–Kier alpha value is -0.530. The summed E-state index contributed by atoms with van der Waals surface area (Å²) in [4.78, 5) is 0.613. The molecule has 0 spiro atoms. The zero-order valence-corrected chi connectivity index (χ0v) is 11.5. The van der Waals surface area contributed by atoms with Crippen LogP contribution in [0.25, 0.3) is 0 Å². The van der Waals surface area contributed by atoms with Crippen LogP contribution in [0.2, 0.25) is 0 Å². The molecule has 0 bridgehead atoms. The van der Waals surface area contributed by atoms with Crippen molar-refractivity contribution in [2.45, 2.75) is 31.1 Å². The summed E-state index contributed by atoms with van der Waals surface area (Å²) in [5.41, 5.74) is 0.343. The number of hydrogen-bond donors (Lipinski definition) is 0. The van der Waals surface area contributed by atoms with Crippen molar-refractivity contribution in [1.82, 2.24) is 0 Å². The van der Waals surface area contributed by atoms with Gasteiger partial charge in [0.2, 0.25) is 0 Å². The second-order valence-electron chi connectivity index (χ2n) is 3.41. The molecule has 0 unspecified atom stereocenters. The molecule has 1 nitrogen and oxygen atoms in total. The predicted molar refractivity (Wildman–Crippen MR) is 69.1 cm³/mol. The van der Waals surface area contributed by atoms with Crippen molar-refractivity contribution in [1.29, 1.82) is 5.26 Å². The van der Waals surface area contributed by atoms with Crippen molar-refractivity contribution < 1.29 is 4.39 Å². The second kappa shape index (κ2) is 6.93. The first-order chi connectivity index (χ1) is 7.70. The average Bonchev–Trinajstić information content (AvgIpc) is 2.30. The first-order valence-corrected chi connectivity index (χ1v) is 6.99. The molecule has 4 heteroatoms. The van der Waals surface area contributed by atoms with Gasteiger partial charge in [0.25, 0.3) is 0 Å². The number of halogens is 2. The van der Waals surface area contributed by atoms with E-state index < -0.39 is 0 Å². The Labute approximate surface area is 108 Å². The number of hydrogen-bond acceptors (Lipinski definition) is 2. The van der Waals surface area contributed by atoms with Crippen LogP contribution in [0, 0.1) is 17.1 Å². The van der Waals surface area contributed by atoms with Gasteiger partial charge in [-0.15, -0.1) is 11.8 Å². The summed E-state index contributed by atoms with van der Waals surface area (Å²) in [6.45, 7) is 2.14. The van der Waals surface area contributed by atoms with Gasteiger partial charge in [0, 0.05) is 4.90 Å². The van der Waals surface area contributed by atoms with Crippen molar-refractivity contribution in [3.05, 3.63) is 28.0 Å². The van der Waals surface area contributed by atoms with Crippen LogP contribution in [-0.4, -0.2) is 5.75 Å². The molecular weight excluding hydrogens is 289 g/mol. The van der Waals surface area contributed by atoms with E-state index in [0.29, 0.717) is 10.5 Å². The summed E-state index contributed by atoms with van der Waals surface area (Å²) >= 11 is 4.61. The highest BCUT2D eigenvalue weighted by atomic mass is 79.9. The predicted octanol–water partition coefficient (Wildman–Crippen LogP) is 4.74. The van der Waals surface area contributed by atoms with Gasteiger partial charge in [-0.05, 0) is 40.2 Å². The SMILES string of the molecule is CCCCCSc1ccc(C#N)c(Br)c1F. The number of rotatable bonds is 5. The fourth-order valence-corrected chi connectivity index (χ4v) is 2.79. The van der Waals surface area contributed by atoms with Gasteiger partial charge >= 0.3 is 0 Å². The van der Waals surface area contributed by atoms with Crippen LogP contribution in [0.15, 0.2) is 21.5 Å². The molecule has 16 heavy (non-hydrogen) atoms. The smallest absolute Gasteiger partial charge is 0.152 e. The van der Waals surface area contributed by atoms with Crippen LogP contribution in [0.5, 0.6) is 0 Å². The maximum atomic E-state index is 13.7. The van der Waals surface area contributed by atoms with Gasteiger partial charge in [-0.3, -0.25) is 0 Å². The molecule has 0 aliphatic heterocycles. The number of benzene rings is 1. The van der Waals surface area contributed by atoms with E-state index in [4.69, 9.17) is 5.26 Å². The van der Waals surface area contributed by atoms with Gasteiger partial charge < -0.3 is 0 Å². The summed E-state index contributed by atoms with van der Waals surface area (Å²) in [5.74, 6) is 0.601. The van der Waals surface area contributed by atoms with Gasteiger partial charge in [-0.1, -0.05) is 19.8 Å². The van der Waals surface area contributed by atoms with Crippen molar-refractivity contribution in [3.8, 4) is 6.07 Å². The molecule has 0 heterocycles. The lowest BCUT2D eigenvalue weighted by molar-refractivity contribution is 0.594. The molecule has 0 N–H and O–H groups in total. The standard InChI is InChI=1S/C12H13BrFNS/c1-2-3-4-7-16-10-6-5-9(8-15)11(13)12(10)14/h5-6H,2-4,7H2,1H3. The van der Waals surface area contributed by atoms with E-state index in [1.54, 1.807) is 12.1 Å². The van der Waals surface area contributed by atoms with E-state index in [-0.39, 0.29) is 10.3 Å². The third-order valence-electron chi connectivity index (χ3n) is 2.17. The number of unbranched alkanes of at least 4 members (excludes halogenated alkanes) is 2. The van der Waals surface area contributed by atoms with Crippen LogP contribution in [0.4, 0.5) is 4.39 Å². The molecule has 0 aliphatic carbocycles. The Morgan fingerprint density at radius 3 is 2.81 bits per heavy atom. The molecule has 0 radical (unpaired) electrons. The largest absolute Gasteiger partial charge is 0.204 e. The lowest BCUT2D eigenvalue weighted by Crippen LogP contribution is -1.89. The molecule has 0 aliphatic rings. The summed E-state index contributed by atoms with van der Waals surface area (Å²) in [6.07, 6.45) is 3.43. The fourth-order valence-electron chi connectivity index (χ4n) is 1.26. The van der Waals surface area contributed by atoms with Crippen molar-refractivity contribution in [2.24, 2.45) is 0 Å². The fraction of sp³-hybridized carbons (Fsp3) is 0.417. The van der Waals surface area contributed by atoms with E-state index in [1.807, 2.05) is 6.07 Å². The zero-order chi connectivity index (χ0) is 12.0. The van der Waals surface area contributed by atoms with Crippen LogP contribution >= 0.6 is 27.7 Å². The minimum absolute atomic E-state index is 0.274. The van der Waals surface area contributed by atoms with Crippen molar-refractivity contribution in [2.75, 3.05) is 5.75 Å². The molecule has 0 aromatic heterocycles. The van der Waals surface area contributed by atoms with Crippen molar-refractivity contribution >= 4 is 27.7 Å². The second-order valence-corrected chi connectivity index (χ2v) is 5.34. The Bertz CT molecular complexity index is 401. The summed E-state index contributed by atoms with van der Waals surface area (Å²) in [5, 5.41) is 8.73. The van der Waals surface area contributed by atoms with E-state index in [1.165, 1.54) is 24.6 Å². The first kappa shape index (κ1) is 13.5. The minimum atomic E-state index is -0.319. The van der Waals surface area contributed by atoms with Gasteiger partial charge in [0.1, 0.15) is 6.07 Å². The number of nitrogens with zero attached hydrogens (tertiary/aromatic N) is 1. The minimum Gasteiger partial charge on any atom is -0.204 e. The molecule has 0 amide bonds. The number of nitriles is 1. The normalized spacial score (nSPS) is 10.1. The summed E-state index contributed by atoms with van der Waals surface area (Å²) < 4.78 is 14.0. The Kier molecular flexibility index (Phi) is 5.86. The molecule has 1 aromatic carbocycles. The molecule has 0 saturated carbocycles. The quantitative estimate of drug-likeness (QED) is 0.579. The highest BCUT2D eigenvalue weighted by Gasteiger charge is 2.10. The lowest BCUT2D eigenvalue weighted by Gasteiger charge is -2.05. The molecule has 1 aromatic rings. The monoisotopic (exact) mass is 301 g/mol. The summed E-state index contributed by atoms with van der Waals surface area (Å²) in [7, 11) is 0. The van der Waals surface area contributed by atoms with E-state index in [2.05, 4.69) is 22.9 Å². The highest BCUT2D eigenvalue weighted by molar-refractivity contribution is 9.10. The molecule has 0 saturated heterocycles. The van der Waals surface area contributed by atoms with Crippen LogP contribution in [0.3, 0.4) is 0 Å². The van der Waals surface area contributed by atoms with Crippen molar-refractivity contribution in [3.63, 3.8) is 0 Å². The maximum Gasteiger partial charge on any atom is 0.152 e. The molecular formula is C12H13BrFNS. The number of thioether (sulfide) groups is 1. The van der Waals surface area contributed by atoms with Crippen LogP contribution < -0.4 is 0 Å². The molecule has 0 atom stereocenters. The molecule has 0 fully saturated rings. The Balaban J connectivity index is 2.68. The average molecular weight is 302 g/mol. The Morgan fingerprint density at radius 1 is 1.44 bits per heavy atom. The maximum absolute atomic E-state index is 13.7.